The second-order valence-electron chi connectivity index (χ2n) is 7.14. The van der Waals surface area contributed by atoms with Gasteiger partial charge in [-0.1, -0.05) is 13.3 Å². The molecule has 1 aliphatic heterocycles. The number of benzene rings is 1. The summed E-state index contributed by atoms with van der Waals surface area (Å²) in [5, 5.41) is 2.89. The van der Waals surface area contributed by atoms with E-state index in [-0.39, 0.29) is 10.8 Å². The van der Waals surface area contributed by atoms with Crippen LogP contribution in [0, 0.1) is 0 Å². The van der Waals surface area contributed by atoms with Crippen LogP contribution in [0.4, 0.5) is 5.69 Å². The van der Waals surface area contributed by atoms with E-state index in [2.05, 4.69) is 17.1 Å². The third-order valence-electron chi connectivity index (χ3n) is 4.74. The second-order valence-corrected chi connectivity index (χ2v) is 9.29. The first-order valence-corrected chi connectivity index (χ1v) is 11.6. The largest absolute Gasteiger partial charge is 0.381 e. The number of rotatable bonds is 11. The first kappa shape index (κ1) is 23.6. The molecule has 0 bridgehead atoms. The fraction of sp³-hybridized carbons (Fsp3) is 0.650. The van der Waals surface area contributed by atoms with Crippen LogP contribution in [-0.2, 0) is 19.5 Å². The number of hydrogen-bond acceptors (Lipinski definition) is 6. The van der Waals surface area contributed by atoms with Crippen molar-refractivity contribution >= 4 is 21.6 Å². The maximum absolute atomic E-state index is 12.9. The Bertz CT molecular complexity index is 761. The first-order valence-electron chi connectivity index (χ1n) is 10.1. The van der Waals surface area contributed by atoms with Crippen LogP contribution in [0.25, 0.3) is 0 Å². The van der Waals surface area contributed by atoms with Crippen LogP contribution in [-0.4, -0.2) is 78.8 Å². The van der Waals surface area contributed by atoms with Gasteiger partial charge in [0.15, 0.2) is 0 Å². The zero-order valence-electron chi connectivity index (χ0n) is 17.6. The van der Waals surface area contributed by atoms with Crippen molar-refractivity contribution in [3.8, 4) is 0 Å². The molecule has 0 atom stereocenters. The predicted molar refractivity (Wildman–Crippen MR) is 113 cm³/mol. The summed E-state index contributed by atoms with van der Waals surface area (Å²) in [6.07, 6.45) is 2.83. The summed E-state index contributed by atoms with van der Waals surface area (Å²) in [6.45, 7) is 6.37. The van der Waals surface area contributed by atoms with Crippen molar-refractivity contribution in [2.75, 3.05) is 65.1 Å². The van der Waals surface area contributed by atoms with Crippen LogP contribution in [0.5, 0.6) is 0 Å². The van der Waals surface area contributed by atoms with Gasteiger partial charge in [-0.3, -0.25) is 4.79 Å². The summed E-state index contributed by atoms with van der Waals surface area (Å²) in [5.74, 6) is -0.282. The van der Waals surface area contributed by atoms with E-state index in [4.69, 9.17) is 9.47 Å². The predicted octanol–water partition coefficient (Wildman–Crippen LogP) is 1.71. The van der Waals surface area contributed by atoms with Gasteiger partial charge < -0.3 is 19.7 Å². The summed E-state index contributed by atoms with van der Waals surface area (Å²) in [6, 6.07) is 4.73. The molecule has 1 aliphatic rings. The fourth-order valence-corrected chi connectivity index (χ4v) is 3.90. The maximum atomic E-state index is 12.9. The van der Waals surface area contributed by atoms with Gasteiger partial charge in [0.25, 0.3) is 5.91 Å². The number of amides is 1. The zero-order chi connectivity index (χ0) is 21.3. The molecule has 1 N–H and O–H groups in total. The molecular formula is C20H33N3O5S. The molecule has 0 saturated carbocycles. The summed E-state index contributed by atoms with van der Waals surface area (Å²) >= 11 is 0. The fourth-order valence-electron chi connectivity index (χ4n) is 2.97. The Morgan fingerprint density at radius 2 is 1.90 bits per heavy atom. The third-order valence-corrected chi connectivity index (χ3v) is 6.55. The van der Waals surface area contributed by atoms with Crippen LogP contribution in [0.2, 0.25) is 0 Å². The molecule has 164 valence electrons. The monoisotopic (exact) mass is 427 g/mol. The topological polar surface area (TPSA) is 88.2 Å². The molecule has 1 amide bonds. The van der Waals surface area contributed by atoms with Gasteiger partial charge in [-0.05, 0) is 31.0 Å². The molecule has 9 heteroatoms. The lowest BCUT2D eigenvalue weighted by atomic mass is 10.1. The van der Waals surface area contributed by atoms with E-state index in [1.54, 1.807) is 12.1 Å². The lowest BCUT2D eigenvalue weighted by Crippen LogP contribution is -2.38. The molecule has 1 heterocycles. The first-order chi connectivity index (χ1) is 13.9. The lowest BCUT2D eigenvalue weighted by molar-refractivity contribution is 0.0939. The molecule has 1 fully saturated rings. The van der Waals surface area contributed by atoms with Crippen molar-refractivity contribution in [2.24, 2.45) is 0 Å². The molecular weight excluding hydrogens is 394 g/mol. The van der Waals surface area contributed by atoms with Crippen LogP contribution in [0.15, 0.2) is 23.1 Å². The molecule has 0 radical (unpaired) electrons. The number of morpholine rings is 1. The van der Waals surface area contributed by atoms with E-state index in [9.17, 15) is 13.2 Å². The molecule has 0 unspecified atom stereocenters. The molecule has 1 saturated heterocycles. The number of hydrogen-bond donors (Lipinski definition) is 1. The number of unbranched alkanes of at least 4 members (excludes halogenated alkanes) is 1. The van der Waals surface area contributed by atoms with E-state index in [1.165, 1.54) is 20.2 Å². The Hall–Kier alpha value is -1.68. The highest BCUT2D eigenvalue weighted by Gasteiger charge is 2.24. The quantitative estimate of drug-likeness (QED) is 0.541. The molecule has 0 aromatic heterocycles. The normalized spacial score (nSPS) is 15.0. The maximum Gasteiger partial charge on any atom is 0.253 e. The van der Waals surface area contributed by atoms with Gasteiger partial charge in [0.2, 0.25) is 10.0 Å². The standard InChI is InChI=1S/C20H33N3O5S/c1-4-5-12-27-13-6-9-21-20(24)18-16-17(29(25,26)22(2)3)7-8-19(18)23-10-14-28-15-11-23/h7-8,16H,4-6,9-15H2,1-3H3,(H,21,24). The van der Waals surface area contributed by atoms with Gasteiger partial charge in [-0.25, -0.2) is 12.7 Å². The Morgan fingerprint density at radius 1 is 1.21 bits per heavy atom. The van der Waals surface area contributed by atoms with Crippen LogP contribution in [0.3, 0.4) is 0 Å². The van der Waals surface area contributed by atoms with Crippen molar-refractivity contribution in [3.05, 3.63) is 23.8 Å². The summed E-state index contributed by atoms with van der Waals surface area (Å²) in [7, 11) is -0.677. The van der Waals surface area contributed by atoms with E-state index < -0.39 is 10.0 Å². The SMILES string of the molecule is CCCCOCCCNC(=O)c1cc(S(=O)(=O)N(C)C)ccc1N1CCOCC1. The average molecular weight is 428 g/mol. The lowest BCUT2D eigenvalue weighted by Gasteiger charge is -2.30. The highest BCUT2D eigenvalue weighted by atomic mass is 32.2. The Balaban J connectivity index is 2.13. The number of carbonyl (C=O) groups excluding carboxylic acids is 1. The average Bonchev–Trinajstić information content (AvgIpc) is 2.73. The van der Waals surface area contributed by atoms with E-state index in [0.717, 1.165) is 29.4 Å². The smallest absolute Gasteiger partial charge is 0.253 e. The molecule has 2 rings (SSSR count). The third kappa shape index (κ3) is 6.67. The number of anilines is 1. The molecule has 1 aromatic carbocycles. The van der Waals surface area contributed by atoms with Crippen molar-refractivity contribution in [3.63, 3.8) is 0 Å². The van der Waals surface area contributed by atoms with E-state index >= 15 is 0 Å². The number of nitrogens with zero attached hydrogens (tertiary/aromatic N) is 2. The Labute approximate surface area is 174 Å². The van der Waals surface area contributed by atoms with Gasteiger partial charge in [0, 0.05) is 52.6 Å². The molecule has 8 nitrogen and oxygen atoms in total. The number of carbonyl (C=O) groups is 1. The molecule has 29 heavy (non-hydrogen) atoms. The summed E-state index contributed by atoms with van der Waals surface area (Å²) in [4.78, 5) is 15.0. The van der Waals surface area contributed by atoms with Crippen LogP contribution < -0.4 is 10.2 Å². The van der Waals surface area contributed by atoms with Crippen LogP contribution >= 0.6 is 0 Å². The Morgan fingerprint density at radius 3 is 2.55 bits per heavy atom. The molecule has 1 aromatic rings. The minimum absolute atomic E-state index is 0.104. The number of nitrogens with one attached hydrogen (secondary N) is 1. The zero-order valence-corrected chi connectivity index (χ0v) is 18.5. The van der Waals surface area contributed by atoms with Gasteiger partial charge in [0.1, 0.15) is 0 Å². The minimum atomic E-state index is -3.63. The van der Waals surface area contributed by atoms with Gasteiger partial charge in [0.05, 0.1) is 23.7 Å². The van der Waals surface area contributed by atoms with Gasteiger partial charge in [-0.2, -0.15) is 0 Å². The van der Waals surface area contributed by atoms with E-state index in [0.29, 0.717) is 51.4 Å². The summed E-state index contributed by atoms with van der Waals surface area (Å²) < 4.78 is 37.1. The highest BCUT2D eigenvalue weighted by molar-refractivity contribution is 7.89. The van der Waals surface area contributed by atoms with Crippen molar-refractivity contribution in [1.29, 1.82) is 0 Å². The molecule has 0 aliphatic carbocycles. The van der Waals surface area contributed by atoms with E-state index in [1.807, 2.05) is 0 Å². The van der Waals surface area contributed by atoms with Crippen molar-refractivity contribution in [2.45, 2.75) is 31.1 Å². The van der Waals surface area contributed by atoms with Gasteiger partial charge >= 0.3 is 0 Å². The van der Waals surface area contributed by atoms with Crippen molar-refractivity contribution in [1.82, 2.24) is 9.62 Å². The second kappa shape index (κ2) is 11.5. The molecule has 0 spiro atoms. The van der Waals surface area contributed by atoms with Crippen LogP contribution in [0.1, 0.15) is 36.5 Å². The number of ether oxygens (including phenoxy) is 2. The number of sulfonamides is 1. The summed E-state index contributed by atoms with van der Waals surface area (Å²) in [5.41, 5.74) is 1.09. The Kier molecular flexibility index (Phi) is 9.35. The highest BCUT2D eigenvalue weighted by Crippen LogP contribution is 2.26. The minimum Gasteiger partial charge on any atom is -0.381 e. The van der Waals surface area contributed by atoms with Gasteiger partial charge in [-0.15, -0.1) is 0 Å². The van der Waals surface area contributed by atoms with Crippen molar-refractivity contribution < 1.29 is 22.7 Å².